The molecule has 1 unspecified atom stereocenters. The van der Waals surface area contributed by atoms with Crippen LogP contribution in [0.3, 0.4) is 0 Å². The molecule has 2 N–H and O–H groups in total. The van der Waals surface area contributed by atoms with E-state index in [1.165, 1.54) is 5.01 Å². The topological polar surface area (TPSA) is 73.4 Å². The average molecular weight is 169 g/mol. The monoisotopic (exact) mass is 169 g/mol. The maximum atomic E-state index is 10.4. The number of rotatable bonds is 2. The van der Waals surface area contributed by atoms with Gasteiger partial charge in [-0.05, 0) is 18.4 Å². The van der Waals surface area contributed by atoms with Crippen molar-refractivity contribution >= 4 is 0 Å². The summed E-state index contributed by atoms with van der Waals surface area (Å²) in [5, 5.41) is 20.4. The first-order chi connectivity index (χ1) is 4.75. The van der Waals surface area contributed by atoms with E-state index >= 15 is 0 Å². The number of nitrogens with one attached hydrogen (secondary N) is 1. The van der Waals surface area contributed by atoms with Crippen molar-refractivity contribution in [1.29, 1.82) is 5.53 Å². The number of hydrazine groups is 1. The molecule has 1 aliphatic heterocycles. The fraction of sp³-hybridized carbons (Fsp3) is 1.00. The third-order valence-corrected chi connectivity index (χ3v) is 1.79. The minimum absolute atomic E-state index is 0. The van der Waals surface area contributed by atoms with Crippen molar-refractivity contribution in [2.75, 3.05) is 13.2 Å². The summed E-state index contributed by atoms with van der Waals surface area (Å²) >= 11 is 0. The van der Waals surface area contributed by atoms with Gasteiger partial charge in [-0.1, -0.05) is 0 Å². The third-order valence-electron chi connectivity index (χ3n) is 1.79. The maximum absolute atomic E-state index is 10.4. The predicted molar refractivity (Wildman–Crippen MR) is 34.3 cm³/mol. The number of hydrogen-bond donors (Lipinski definition) is 2. The molecule has 1 saturated heterocycles. The number of aliphatic hydroxyl groups excluding tert-OH is 1. The van der Waals surface area contributed by atoms with Crippen LogP contribution in [-0.2, 0) is 0 Å². The molecular formula is C5H12N3NaO2. The van der Waals surface area contributed by atoms with E-state index < -0.39 is 0 Å². The van der Waals surface area contributed by atoms with Crippen LogP contribution in [0.5, 0.6) is 0 Å². The molecule has 0 spiro atoms. The second-order valence-corrected chi connectivity index (χ2v) is 2.41. The minimum Gasteiger partial charge on any atom is -1.00 e. The molecule has 1 rings (SSSR count). The SMILES string of the molecule is N=[N+]([O-])N1CCCC1CO.[H-].[Na+]. The Morgan fingerprint density at radius 2 is 2.45 bits per heavy atom. The molecule has 0 saturated carbocycles. The molecule has 0 amide bonds. The van der Waals surface area contributed by atoms with Crippen molar-refractivity contribution in [3.05, 3.63) is 5.21 Å². The Labute approximate surface area is 88.8 Å². The molecule has 11 heavy (non-hydrogen) atoms. The van der Waals surface area contributed by atoms with Crippen LogP contribution in [0.25, 0.3) is 0 Å². The van der Waals surface area contributed by atoms with Gasteiger partial charge in [-0.25, -0.2) is 0 Å². The van der Waals surface area contributed by atoms with Crippen molar-refractivity contribution in [3.8, 4) is 0 Å². The largest absolute Gasteiger partial charge is 1.00 e. The van der Waals surface area contributed by atoms with Gasteiger partial charge in [0.25, 0.3) is 0 Å². The fourth-order valence-corrected chi connectivity index (χ4v) is 1.25. The van der Waals surface area contributed by atoms with Gasteiger partial charge < -0.3 is 11.7 Å². The van der Waals surface area contributed by atoms with Gasteiger partial charge in [0.2, 0.25) is 0 Å². The second kappa shape index (κ2) is 4.92. The molecule has 1 aliphatic rings. The van der Waals surface area contributed by atoms with E-state index in [1.54, 1.807) is 0 Å². The summed E-state index contributed by atoms with van der Waals surface area (Å²) in [7, 11) is 0. The first-order valence-electron chi connectivity index (χ1n) is 3.31. The Morgan fingerprint density at radius 1 is 1.82 bits per heavy atom. The summed E-state index contributed by atoms with van der Waals surface area (Å²) in [6, 6.07) is -0.130. The number of hydrogen-bond acceptors (Lipinski definition) is 3. The van der Waals surface area contributed by atoms with Crippen LogP contribution in [0, 0.1) is 10.7 Å². The van der Waals surface area contributed by atoms with Gasteiger partial charge in [0, 0.05) is 4.97 Å². The summed E-state index contributed by atoms with van der Waals surface area (Å²) in [6.07, 6.45) is 1.71. The first kappa shape index (κ1) is 11.2. The van der Waals surface area contributed by atoms with Gasteiger partial charge in [-0.15, -0.1) is 5.01 Å². The molecule has 5 nitrogen and oxygen atoms in total. The Kier molecular flexibility index (Phi) is 4.99. The Balaban J connectivity index is 0. The Bertz CT molecular complexity index is 149. The van der Waals surface area contributed by atoms with Crippen LogP contribution >= 0.6 is 0 Å². The molecule has 0 aliphatic carbocycles. The summed E-state index contributed by atoms with van der Waals surface area (Å²) in [6.45, 7) is 0.565. The molecular weight excluding hydrogens is 157 g/mol. The van der Waals surface area contributed by atoms with Crippen LogP contribution < -0.4 is 29.6 Å². The molecule has 0 bridgehead atoms. The standard InChI is InChI=1S/C5H11N3O2.Na.H/c6-8(10)7-3-1-2-5(7)4-9;;/h5-6,9H,1-4H2;;/q;+1;-1. The van der Waals surface area contributed by atoms with Crippen LogP contribution in [0.1, 0.15) is 14.3 Å². The van der Waals surface area contributed by atoms with Gasteiger partial charge >= 0.3 is 29.6 Å². The fourth-order valence-electron chi connectivity index (χ4n) is 1.25. The van der Waals surface area contributed by atoms with E-state index in [0.717, 1.165) is 12.8 Å². The molecule has 0 aromatic heterocycles. The summed E-state index contributed by atoms with van der Waals surface area (Å²) in [5.41, 5.74) is 6.70. The Hall–Kier alpha value is 0.160. The predicted octanol–water partition coefficient (Wildman–Crippen LogP) is -2.98. The van der Waals surface area contributed by atoms with E-state index in [4.69, 9.17) is 10.6 Å². The first-order valence-corrected chi connectivity index (χ1v) is 3.31. The Morgan fingerprint density at radius 3 is 2.82 bits per heavy atom. The number of nitrogens with zero attached hydrogens (tertiary/aromatic N) is 2. The van der Waals surface area contributed by atoms with E-state index in [9.17, 15) is 5.21 Å². The van der Waals surface area contributed by atoms with Gasteiger partial charge in [0.05, 0.1) is 13.2 Å². The van der Waals surface area contributed by atoms with Crippen molar-refractivity contribution in [3.63, 3.8) is 0 Å². The summed E-state index contributed by atoms with van der Waals surface area (Å²) in [5.74, 6) is 0. The second-order valence-electron chi connectivity index (χ2n) is 2.41. The van der Waals surface area contributed by atoms with Crippen LogP contribution in [0.2, 0.25) is 0 Å². The molecule has 6 heteroatoms. The minimum atomic E-state index is -0.130. The van der Waals surface area contributed by atoms with Gasteiger partial charge in [0.15, 0.2) is 0 Å². The smallest absolute Gasteiger partial charge is 1.00 e. The molecule has 1 atom stereocenters. The van der Waals surface area contributed by atoms with Gasteiger partial charge in [-0.3, -0.25) is 0 Å². The van der Waals surface area contributed by atoms with Crippen molar-refractivity contribution in [2.45, 2.75) is 18.9 Å². The van der Waals surface area contributed by atoms with Crippen LogP contribution in [0.15, 0.2) is 0 Å². The molecule has 60 valence electrons. The van der Waals surface area contributed by atoms with Crippen molar-refractivity contribution < 1.29 is 41.1 Å². The van der Waals surface area contributed by atoms with E-state index in [0.29, 0.717) is 6.54 Å². The third kappa shape index (κ3) is 2.59. The van der Waals surface area contributed by atoms with Crippen LogP contribution in [0.4, 0.5) is 0 Å². The van der Waals surface area contributed by atoms with E-state index in [2.05, 4.69) is 0 Å². The molecule has 0 radical (unpaired) electrons. The zero-order valence-corrected chi connectivity index (χ0v) is 8.66. The summed E-state index contributed by atoms with van der Waals surface area (Å²) in [4.78, 5) is 0.0634. The maximum Gasteiger partial charge on any atom is 1.00 e. The van der Waals surface area contributed by atoms with Crippen molar-refractivity contribution in [1.82, 2.24) is 5.01 Å². The summed E-state index contributed by atoms with van der Waals surface area (Å²) < 4.78 is 0. The quantitative estimate of drug-likeness (QED) is 0.200. The van der Waals surface area contributed by atoms with Crippen molar-refractivity contribution in [2.24, 2.45) is 0 Å². The molecule has 1 heterocycles. The molecule has 0 aromatic rings. The van der Waals surface area contributed by atoms with Crippen LogP contribution in [-0.4, -0.2) is 34.3 Å². The zero-order valence-electron chi connectivity index (χ0n) is 7.66. The van der Waals surface area contributed by atoms with E-state index in [-0.39, 0.29) is 48.6 Å². The number of aliphatic hydroxyl groups is 1. The van der Waals surface area contributed by atoms with Gasteiger partial charge in [0.1, 0.15) is 6.04 Å². The van der Waals surface area contributed by atoms with E-state index in [1.807, 2.05) is 0 Å². The normalized spacial score (nSPS) is 23.0. The average Bonchev–Trinajstić information content (AvgIpc) is 2.33. The zero-order chi connectivity index (χ0) is 7.56. The molecule has 1 fully saturated rings. The van der Waals surface area contributed by atoms with Gasteiger partial charge in [-0.2, -0.15) is 0 Å². The molecule has 0 aromatic carbocycles.